The molecule has 0 aliphatic rings. The largest absolute Gasteiger partial charge is 0.497 e. The highest BCUT2D eigenvalue weighted by atomic mass is 32.1. The van der Waals surface area contributed by atoms with E-state index in [1.807, 2.05) is 37.4 Å². The summed E-state index contributed by atoms with van der Waals surface area (Å²) < 4.78 is 5.11. The van der Waals surface area contributed by atoms with Gasteiger partial charge in [-0.25, -0.2) is 4.98 Å². The highest BCUT2D eigenvalue weighted by Gasteiger charge is 2.07. The molecular weight excluding hydrogens is 220 g/mol. The number of nitrogens with two attached hydrogens (primary N) is 1. The highest BCUT2D eigenvalue weighted by Crippen LogP contribution is 2.28. The van der Waals surface area contributed by atoms with Crippen LogP contribution < -0.4 is 10.5 Å². The van der Waals surface area contributed by atoms with Gasteiger partial charge in [-0.2, -0.15) is 0 Å². The molecular formula is C12H14N2OS. The Hall–Kier alpha value is -1.39. The van der Waals surface area contributed by atoms with E-state index >= 15 is 0 Å². The van der Waals surface area contributed by atoms with Crippen LogP contribution >= 0.6 is 11.3 Å². The highest BCUT2D eigenvalue weighted by molar-refractivity contribution is 7.15. The van der Waals surface area contributed by atoms with Crippen molar-refractivity contribution in [2.24, 2.45) is 5.73 Å². The molecule has 0 saturated heterocycles. The molecule has 3 nitrogen and oxygen atoms in total. The van der Waals surface area contributed by atoms with Crippen molar-refractivity contribution in [1.29, 1.82) is 0 Å². The van der Waals surface area contributed by atoms with E-state index in [1.165, 1.54) is 0 Å². The quantitative estimate of drug-likeness (QED) is 0.888. The molecule has 0 spiro atoms. The van der Waals surface area contributed by atoms with E-state index in [1.54, 1.807) is 18.4 Å². The number of thiazole rings is 1. The van der Waals surface area contributed by atoms with E-state index in [9.17, 15) is 0 Å². The Morgan fingerprint density at radius 3 is 2.50 bits per heavy atom. The lowest BCUT2D eigenvalue weighted by atomic mass is 10.2. The zero-order valence-corrected chi connectivity index (χ0v) is 10.1. The van der Waals surface area contributed by atoms with Gasteiger partial charge >= 0.3 is 0 Å². The Morgan fingerprint density at radius 1 is 1.31 bits per heavy atom. The molecule has 16 heavy (non-hydrogen) atoms. The van der Waals surface area contributed by atoms with Gasteiger partial charge in [0.1, 0.15) is 10.8 Å². The molecule has 2 aromatic rings. The van der Waals surface area contributed by atoms with Gasteiger partial charge in [0.2, 0.25) is 0 Å². The second-order valence-electron chi connectivity index (χ2n) is 3.58. The zero-order valence-electron chi connectivity index (χ0n) is 9.31. The van der Waals surface area contributed by atoms with Crippen molar-refractivity contribution >= 4 is 11.3 Å². The minimum absolute atomic E-state index is 0.0458. The van der Waals surface area contributed by atoms with Crippen LogP contribution in [0, 0.1) is 0 Å². The van der Waals surface area contributed by atoms with Gasteiger partial charge in [-0.15, -0.1) is 11.3 Å². The van der Waals surface area contributed by atoms with Crippen molar-refractivity contribution in [3.05, 3.63) is 35.3 Å². The third kappa shape index (κ3) is 2.23. The first-order chi connectivity index (χ1) is 7.70. The normalized spacial score (nSPS) is 12.4. The lowest BCUT2D eigenvalue weighted by Crippen LogP contribution is -2.01. The van der Waals surface area contributed by atoms with Crippen molar-refractivity contribution in [3.8, 4) is 16.3 Å². The fourth-order valence-electron chi connectivity index (χ4n) is 1.36. The third-order valence-electron chi connectivity index (χ3n) is 2.31. The topological polar surface area (TPSA) is 48.1 Å². The average Bonchev–Trinajstić information content (AvgIpc) is 2.78. The van der Waals surface area contributed by atoms with Crippen molar-refractivity contribution in [2.45, 2.75) is 13.0 Å². The molecule has 2 rings (SSSR count). The molecule has 1 aromatic heterocycles. The van der Waals surface area contributed by atoms with Crippen LogP contribution in [-0.2, 0) is 0 Å². The van der Waals surface area contributed by atoms with Crippen LogP contribution in [0.3, 0.4) is 0 Å². The van der Waals surface area contributed by atoms with E-state index in [0.29, 0.717) is 0 Å². The third-order valence-corrected chi connectivity index (χ3v) is 3.56. The molecule has 0 radical (unpaired) electrons. The number of rotatable bonds is 3. The number of aromatic nitrogens is 1. The van der Waals surface area contributed by atoms with Crippen LogP contribution in [0.15, 0.2) is 30.5 Å². The summed E-state index contributed by atoms with van der Waals surface area (Å²) in [6.07, 6.45) is 1.84. The molecule has 2 N–H and O–H groups in total. The SMILES string of the molecule is COc1ccc(-c2ncc(C(C)N)s2)cc1. The van der Waals surface area contributed by atoms with E-state index in [0.717, 1.165) is 21.2 Å². The first-order valence-corrected chi connectivity index (χ1v) is 5.88. The number of nitrogens with zero attached hydrogens (tertiary/aromatic N) is 1. The van der Waals surface area contributed by atoms with Crippen LogP contribution in [-0.4, -0.2) is 12.1 Å². The summed E-state index contributed by atoms with van der Waals surface area (Å²) in [5.41, 5.74) is 6.90. The van der Waals surface area contributed by atoms with E-state index in [2.05, 4.69) is 4.98 Å². The molecule has 0 bridgehead atoms. The number of ether oxygens (including phenoxy) is 1. The van der Waals surface area contributed by atoms with Crippen LogP contribution in [0.25, 0.3) is 10.6 Å². The molecule has 1 atom stereocenters. The Bertz CT molecular complexity index is 462. The average molecular weight is 234 g/mol. The van der Waals surface area contributed by atoms with E-state index < -0.39 is 0 Å². The summed E-state index contributed by atoms with van der Waals surface area (Å²) in [6.45, 7) is 1.96. The van der Waals surface area contributed by atoms with Crippen LogP contribution in [0.5, 0.6) is 5.75 Å². The smallest absolute Gasteiger partial charge is 0.123 e. The molecule has 0 aliphatic carbocycles. The summed E-state index contributed by atoms with van der Waals surface area (Å²) in [6, 6.07) is 7.92. The second kappa shape index (κ2) is 4.63. The fourth-order valence-corrected chi connectivity index (χ4v) is 2.24. The predicted molar refractivity (Wildman–Crippen MR) is 66.7 cm³/mol. The number of methoxy groups -OCH3 is 1. The Morgan fingerprint density at radius 2 is 2.00 bits per heavy atom. The van der Waals surface area contributed by atoms with Gasteiger partial charge in [-0.3, -0.25) is 0 Å². The molecule has 1 unspecified atom stereocenters. The molecule has 84 valence electrons. The van der Waals surface area contributed by atoms with E-state index in [-0.39, 0.29) is 6.04 Å². The van der Waals surface area contributed by atoms with Gasteiger partial charge in [0, 0.05) is 22.7 Å². The summed E-state index contributed by atoms with van der Waals surface area (Å²) in [4.78, 5) is 5.46. The Kier molecular flexibility index (Phi) is 3.22. The van der Waals surface area contributed by atoms with Gasteiger partial charge in [0.15, 0.2) is 0 Å². The van der Waals surface area contributed by atoms with Gasteiger partial charge < -0.3 is 10.5 Å². The van der Waals surface area contributed by atoms with Crippen molar-refractivity contribution in [1.82, 2.24) is 4.98 Å². The van der Waals surface area contributed by atoms with Gasteiger partial charge in [-0.1, -0.05) is 0 Å². The molecule has 1 heterocycles. The maximum absolute atomic E-state index is 5.80. The van der Waals surface area contributed by atoms with Crippen molar-refractivity contribution < 1.29 is 4.74 Å². The Labute approximate surface area is 98.9 Å². The summed E-state index contributed by atoms with van der Waals surface area (Å²) in [5, 5.41) is 0.995. The number of hydrogen-bond acceptors (Lipinski definition) is 4. The molecule has 0 amide bonds. The summed E-state index contributed by atoms with van der Waals surface area (Å²) in [7, 11) is 1.66. The minimum Gasteiger partial charge on any atom is -0.497 e. The maximum Gasteiger partial charge on any atom is 0.123 e. The lowest BCUT2D eigenvalue weighted by molar-refractivity contribution is 0.415. The standard InChI is InChI=1S/C12H14N2OS/c1-8(13)11-7-14-12(16-11)9-3-5-10(15-2)6-4-9/h3-8H,13H2,1-2H3. The van der Waals surface area contributed by atoms with Crippen LogP contribution in [0.4, 0.5) is 0 Å². The number of benzene rings is 1. The fraction of sp³-hybridized carbons (Fsp3) is 0.250. The van der Waals surface area contributed by atoms with E-state index in [4.69, 9.17) is 10.5 Å². The lowest BCUT2D eigenvalue weighted by Gasteiger charge is -2.00. The molecule has 0 saturated carbocycles. The zero-order chi connectivity index (χ0) is 11.5. The number of hydrogen-bond donors (Lipinski definition) is 1. The minimum atomic E-state index is 0.0458. The van der Waals surface area contributed by atoms with Gasteiger partial charge in [0.05, 0.1) is 7.11 Å². The summed E-state index contributed by atoms with van der Waals surface area (Å²) in [5.74, 6) is 0.854. The monoisotopic (exact) mass is 234 g/mol. The maximum atomic E-state index is 5.80. The molecule has 4 heteroatoms. The van der Waals surface area contributed by atoms with Gasteiger partial charge in [0.25, 0.3) is 0 Å². The second-order valence-corrected chi connectivity index (χ2v) is 4.65. The first kappa shape index (κ1) is 11.1. The first-order valence-electron chi connectivity index (χ1n) is 5.06. The van der Waals surface area contributed by atoms with Crippen molar-refractivity contribution in [2.75, 3.05) is 7.11 Å². The van der Waals surface area contributed by atoms with Crippen LogP contribution in [0.2, 0.25) is 0 Å². The Balaban J connectivity index is 2.28. The van der Waals surface area contributed by atoms with Crippen LogP contribution in [0.1, 0.15) is 17.8 Å². The molecule has 0 aliphatic heterocycles. The van der Waals surface area contributed by atoms with Gasteiger partial charge in [-0.05, 0) is 31.2 Å². The summed E-state index contributed by atoms with van der Waals surface area (Å²) >= 11 is 1.63. The van der Waals surface area contributed by atoms with Crippen molar-refractivity contribution in [3.63, 3.8) is 0 Å². The predicted octanol–water partition coefficient (Wildman–Crippen LogP) is 2.84. The molecule has 1 aromatic carbocycles. The molecule has 0 fully saturated rings.